The SMILES string of the molecule is Cc1ccc(F)cc1NC1=NCCN1C(=S)Nc1cccc(Cl)c1. The molecule has 0 spiro atoms. The summed E-state index contributed by atoms with van der Waals surface area (Å²) in [5.41, 5.74) is 2.41. The Morgan fingerprint density at radius 3 is 2.92 bits per heavy atom. The summed E-state index contributed by atoms with van der Waals surface area (Å²) in [6.07, 6.45) is 0. The maximum absolute atomic E-state index is 13.5. The fourth-order valence-electron chi connectivity index (χ4n) is 2.36. The van der Waals surface area contributed by atoms with Crippen molar-refractivity contribution in [3.8, 4) is 0 Å². The van der Waals surface area contributed by atoms with E-state index in [4.69, 9.17) is 23.8 Å². The predicted molar refractivity (Wildman–Crippen MR) is 101 cm³/mol. The molecule has 0 bridgehead atoms. The normalized spacial score (nSPS) is 13.6. The van der Waals surface area contributed by atoms with E-state index >= 15 is 0 Å². The van der Waals surface area contributed by atoms with E-state index in [1.54, 1.807) is 18.2 Å². The number of halogens is 2. The number of anilines is 2. The van der Waals surface area contributed by atoms with E-state index in [2.05, 4.69) is 15.6 Å². The molecule has 0 atom stereocenters. The molecule has 2 aromatic carbocycles. The van der Waals surface area contributed by atoms with E-state index in [9.17, 15) is 4.39 Å². The van der Waals surface area contributed by atoms with Crippen LogP contribution in [-0.4, -0.2) is 29.1 Å². The van der Waals surface area contributed by atoms with Gasteiger partial charge in [-0.2, -0.15) is 0 Å². The molecule has 24 heavy (non-hydrogen) atoms. The van der Waals surface area contributed by atoms with E-state index in [0.29, 0.717) is 34.9 Å². The minimum absolute atomic E-state index is 0.298. The highest BCUT2D eigenvalue weighted by atomic mass is 35.5. The van der Waals surface area contributed by atoms with Gasteiger partial charge in [0.15, 0.2) is 5.11 Å². The van der Waals surface area contributed by atoms with Crippen molar-refractivity contribution in [2.24, 2.45) is 4.99 Å². The highest BCUT2D eigenvalue weighted by molar-refractivity contribution is 7.80. The molecule has 2 N–H and O–H groups in total. The second kappa shape index (κ2) is 7.15. The van der Waals surface area contributed by atoms with Crippen LogP contribution in [-0.2, 0) is 0 Å². The first-order valence-corrected chi connectivity index (χ1v) is 8.23. The van der Waals surface area contributed by atoms with Crippen LogP contribution in [0.1, 0.15) is 5.56 Å². The quantitative estimate of drug-likeness (QED) is 0.783. The summed E-state index contributed by atoms with van der Waals surface area (Å²) < 4.78 is 13.5. The number of aryl methyl sites for hydroxylation is 1. The van der Waals surface area contributed by atoms with Crippen molar-refractivity contribution >= 4 is 46.3 Å². The third-order valence-electron chi connectivity index (χ3n) is 3.61. The Labute approximate surface area is 150 Å². The van der Waals surface area contributed by atoms with Crippen molar-refractivity contribution in [3.63, 3.8) is 0 Å². The number of nitrogens with one attached hydrogen (secondary N) is 2. The maximum Gasteiger partial charge on any atom is 0.204 e. The lowest BCUT2D eigenvalue weighted by molar-refractivity contribution is 0.628. The smallest absolute Gasteiger partial charge is 0.204 e. The molecule has 4 nitrogen and oxygen atoms in total. The van der Waals surface area contributed by atoms with Crippen molar-refractivity contribution < 1.29 is 4.39 Å². The first-order valence-electron chi connectivity index (χ1n) is 7.44. The Balaban J connectivity index is 1.73. The minimum atomic E-state index is -0.298. The molecule has 0 amide bonds. The lowest BCUT2D eigenvalue weighted by Crippen LogP contribution is -2.41. The lowest BCUT2D eigenvalue weighted by atomic mass is 10.2. The van der Waals surface area contributed by atoms with E-state index in [1.807, 2.05) is 24.0 Å². The third kappa shape index (κ3) is 3.83. The van der Waals surface area contributed by atoms with Gasteiger partial charge < -0.3 is 10.6 Å². The van der Waals surface area contributed by atoms with Crippen LogP contribution in [0.5, 0.6) is 0 Å². The van der Waals surface area contributed by atoms with Gasteiger partial charge in [-0.15, -0.1) is 0 Å². The van der Waals surface area contributed by atoms with Gasteiger partial charge in [0.25, 0.3) is 0 Å². The van der Waals surface area contributed by atoms with Crippen LogP contribution >= 0.6 is 23.8 Å². The van der Waals surface area contributed by atoms with E-state index in [1.165, 1.54) is 12.1 Å². The molecule has 7 heteroatoms. The van der Waals surface area contributed by atoms with Crippen LogP contribution < -0.4 is 10.6 Å². The second-order valence-electron chi connectivity index (χ2n) is 5.38. The monoisotopic (exact) mass is 362 g/mol. The van der Waals surface area contributed by atoms with Gasteiger partial charge in [0.05, 0.1) is 6.54 Å². The van der Waals surface area contributed by atoms with Gasteiger partial charge in [0.1, 0.15) is 5.82 Å². The molecule has 124 valence electrons. The van der Waals surface area contributed by atoms with Gasteiger partial charge >= 0.3 is 0 Å². The standard InChI is InChI=1S/C17H16ClFN4S/c1-11-5-6-13(19)10-15(11)22-16-20-7-8-23(16)17(24)21-14-4-2-3-12(18)9-14/h2-6,9-10H,7-8H2,1H3,(H,20,22)(H,21,24). The summed E-state index contributed by atoms with van der Waals surface area (Å²) in [5, 5.41) is 7.45. The predicted octanol–water partition coefficient (Wildman–Crippen LogP) is 4.27. The van der Waals surface area contributed by atoms with Crippen molar-refractivity contribution in [3.05, 3.63) is 58.9 Å². The minimum Gasteiger partial charge on any atom is -0.332 e. The van der Waals surface area contributed by atoms with Crippen LogP contribution in [0, 0.1) is 12.7 Å². The molecule has 0 saturated carbocycles. The van der Waals surface area contributed by atoms with Gasteiger partial charge in [0.2, 0.25) is 5.96 Å². The molecule has 1 heterocycles. The molecule has 0 saturated heterocycles. The van der Waals surface area contributed by atoms with E-state index in [-0.39, 0.29) is 5.82 Å². The molecule has 2 aromatic rings. The number of hydrogen-bond donors (Lipinski definition) is 2. The van der Waals surface area contributed by atoms with Gasteiger partial charge in [-0.25, -0.2) is 4.39 Å². The zero-order valence-electron chi connectivity index (χ0n) is 13.0. The van der Waals surface area contributed by atoms with Crippen molar-refractivity contribution in [2.75, 3.05) is 23.7 Å². The first-order chi connectivity index (χ1) is 11.5. The molecule has 0 unspecified atom stereocenters. The number of hydrogen-bond acceptors (Lipinski definition) is 3. The molecular formula is C17H16ClFN4S. The molecule has 0 aliphatic carbocycles. The molecule has 1 aliphatic rings. The van der Waals surface area contributed by atoms with Gasteiger partial charge in [-0.3, -0.25) is 9.89 Å². The van der Waals surface area contributed by atoms with Crippen LogP contribution in [0.4, 0.5) is 15.8 Å². The fourth-order valence-corrected chi connectivity index (χ4v) is 2.84. The lowest BCUT2D eigenvalue weighted by Gasteiger charge is -2.23. The van der Waals surface area contributed by atoms with E-state index in [0.717, 1.165) is 11.3 Å². The van der Waals surface area contributed by atoms with Crippen LogP contribution in [0.2, 0.25) is 5.02 Å². The zero-order valence-corrected chi connectivity index (χ0v) is 14.6. The first kappa shape index (κ1) is 16.7. The van der Waals surface area contributed by atoms with Gasteiger partial charge in [-0.1, -0.05) is 23.7 Å². The molecule has 0 fully saturated rings. The number of guanidine groups is 1. The number of aliphatic imine (C=N–C) groups is 1. The molecule has 0 aromatic heterocycles. The Bertz CT molecular complexity index is 809. The van der Waals surface area contributed by atoms with Crippen molar-refractivity contribution in [1.29, 1.82) is 0 Å². The number of benzene rings is 2. The topological polar surface area (TPSA) is 39.7 Å². The Morgan fingerprint density at radius 2 is 2.12 bits per heavy atom. The van der Waals surface area contributed by atoms with Crippen LogP contribution in [0.15, 0.2) is 47.5 Å². The Hall–Kier alpha value is -2.18. The molecule has 3 rings (SSSR count). The summed E-state index contributed by atoms with van der Waals surface area (Å²) in [7, 11) is 0. The molecular weight excluding hydrogens is 347 g/mol. The number of nitrogens with zero attached hydrogens (tertiary/aromatic N) is 2. The van der Waals surface area contributed by atoms with Crippen molar-refractivity contribution in [1.82, 2.24) is 4.90 Å². The Kier molecular flexibility index (Phi) is 4.97. The maximum atomic E-state index is 13.5. The third-order valence-corrected chi connectivity index (χ3v) is 4.17. The van der Waals surface area contributed by atoms with Crippen LogP contribution in [0.3, 0.4) is 0 Å². The number of thiocarbonyl (C=S) groups is 1. The zero-order chi connectivity index (χ0) is 17.1. The summed E-state index contributed by atoms with van der Waals surface area (Å²) in [6.45, 7) is 3.18. The molecule has 0 radical (unpaired) electrons. The second-order valence-corrected chi connectivity index (χ2v) is 6.20. The molecule has 1 aliphatic heterocycles. The van der Waals surface area contributed by atoms with Gasteiger partial charge in [-0.05, 0) is 55.0 Å². The highest BCUT2D eigenvalue weighted by Gasteiger charge is 2.21. The largest absolute Gasteiger partial charge is 0.332 e. The number of rotatable bonds is 2. The Morgan fingerprint density at radius 1 is 1.29 bits per heavy atom. The summed E-state index contributed by atoms with van der Waals surface area (Å²) in [5.74, 6) is 0.302. The van der Waals surface area contributed by atoms with Crippen molar-refractivity contribution in [2.45, 2.75) is 6.92 Å². The fraction of sp³-hybridized carbons (Fsp3) is 0.176. The highest BCUT2D eigenvalue weighted by Crippen LogP contribution is 2.19. The van der Waals surface area contributed by atoms with Gasteiger partial charge in [0, 0.05) is 22.9 Å². The van der Waals surface area contributed by atoms with Crippen LogP contribution in [0.25, 0.3) is 0 Å². The summed E-state index contributed by atoms with van der Waals surface area (Å²) >= 11 is 11.5. The summed E-state index contributed by atoms with van der Waals surface area (Å²) in [6, 6.07) is 11.9. The van der Waals surface area contributed by atoms with E-state index < -0.39 is 0 Å². The average molecular weight is 363 g/mol. The summed E-state index contributed by atoms with van der Waals surface area (Å²) in [4.78, 5) is 6.27. The average Bonchev–Trinajstić information content (AvgIpc) is 2.99.